The molecule has 3 aromatic carbocycles. The molecule has 0 atom stereocenters. The fraction of sp³-hybridized carbons (Fsp3) is 0.130. The first-order valence-corrected chi connectivity index (χ1v) is 10.3. The molecule has 0 spiro atoms. The van der Waals surface area contributed by atoms with Crippen molar-refractivity contribution in [3.8, 4) is 11.5 Å². The predicted octanol–water partition coefficient (Wildman–Crippen LogP) is 5.88. The van der Waals surface area contributed by atoms with Gasteiger partial charge >= 0.3 is 0 Å². The van der Waals surface area contributed by atoms with Gasteiger partial charge in [0.1, 0.15) is 16.6 Å². The second-order valence-corrected chi connectivity index (χ2v) is 7.93. The largest absolute Gasteiger partial charge is 0.436 e. The fourth-order valence-corrected chi connectivity index (χ4v) is 3.77. The number of nitrogens with one attached hydrogen (secondary N) is 1. The minimum atomic E-state index is -0.194. The molecule has 5 rings (SSSR count). The topological polar surface area (TPSA) is 80.9 Å². The molecule has 5 aromatic rings. The molecule has 148 valence electrons. The molecule has 1 N–H and O–H groups in total. The van der Waals surface area contributed by atoms with Crippen molar-refractivity contribution in [2.24, 2.45) is 0 Å². The molecule has 0 aliphatic carbocycles. The summed E-state index contributed by atoms with van der Waals surface area (Å²) in [6.07, 6.45) is 0. The maximum Gasteiger partial charge on any atom is 0.255 e. The smallest absolute Gasteiger partial charge is 0.255 e. The van der Waals surface area contributed by atoms with E-state index in [1.807, 2.05) is 30.3 Å². The number of oxazole rings is 1. The number of anilines is 1. The van der Waals surface area contributed by atoms with Crippen LogP contribution in [-0.2, 0) is 0 Å². The average molecular weight is 414 g/mol. The Morgan fingerprint density at radius 1 is 0.933 bits per heavy atom. The molecule has 0 unspecified atom stereocenters. The first-order chi connectivity index (χ1) is 14.6. The van der Waals surface area contributed by atoms with Crippen molar-refractivity contribution in [3.63, 3.8) is 0 Å². The van der Waals surface area contributed by atoms with Gasteiger partial charge in [0.05, 0.1) is 11.7 Å². The van der Waals surface area contributed by atoms with Crippen LogP contribution in [0.25, 0.3) is 33.6 Å². The minimum Gasteiger partial charge on any atom is -0.436 e. The summed E-state index contributed by atoms with van der Waals surface area (Å²) in [7, 11) is 0. The van der Waals surface area contributed by atoms with E-state index in [4.69, 9.17) is 4.42 Å². The number of amides is 1. The van der Waals surface area contributed by atoms with Crippen LogP contribution in [0.15, 0.2) is 65.1 Å². The third-order valence-corrected chi connectivity index (χ3v) is 5.54. The molecule has 6 nitrogen and oxygen atoms in total. The summed E-state index contributed by atoms with van der Waals surface area (Å²) < 4.78 is 14.2. The van der Waals surface area contributed by atoms with Gasteiger partial charge in [-0.3, -0.25) is 4.79 Å². The molecule has 0 radical (unpaired) electrons. The number of carbonyl (C=O) groups is 1. The number of hydrogen-bond acceptors (Lipinski definition) is 6. The van der Waals surface area contributed by atoms with E-state index in [-0.39, 0.29) is 5.91 Å². The highest BCUT2D eigenvalue weighted by atomic mass is 32.1. The number of aromatic nitrogens is 3. The van der Waals surface area contributed by atoms with Crippen molar-refractivity contribution in [1.29, 1.82) is 0 Å². The van der Waals surface area contributed by atoms with Gasteiger partial charge in [-0.25, -0.2) is 4.98 Å². The molecule has 0 bridgehead atoms. The molecule has 0 saturated carbocycles. The van der Waals surface area contributed by atoms with Gasteiger partial charge in [0.2, 0.25) is 5.89 Å². The van der Waals surface area contributed by atoms with Gasteiger partial charge in [-0.05, 0) is 66.1 Å². The first-order valence-electron chi connectivity index (χ1n) is 9.61. The molecule has 0 aliphatic heterocycles. The predicted molar refractivity (Wildman–Crippen MR) is 119 cm³/mol. The molecule has 2 heterocycles. The lowest BCUT2D eigenvalue weighted by Gasteiger charge is -2.05. The second-order valence-electron chi connectivity index (χ2n) is 7.40. The zero-order valence-electron chi connectivity index (χ0n) is 16.4. The highest BCUT2D eigenvalue weighted by molar-refractivity contribution is 7.00. The second kappa shape index (κ2) is 7.35. The van der Waals surface area contributed by atoms with Gasteiger partial charge < -0.3 is 9.73 Å². The number of fused-ring (bicyclic) bond motifs is 2. The van der Waals surface area contributed by atoms with Crippen molar-refractivity contribution >= 4 is 45.5 Å². The van der Waals surface area contributed by atoms with E-state index in [9.17, 15) is 4.79 Å². The summed E-state index contributed by atoms with van der Waals surface area (Å²) in [4.78, 5) is 17.2. The molecular weight excluding hydrogens is 396 g/mol. The third kappa shape index (κ3) is 3.44. The SMILES string of the molecule is CC(C)c1ccc2oc(-c3ccc(NC(=O)c4ccc5nsnc5c4)cc3)nc2c1. The van der Waals surface area contributed by atoms with Crippen molar-refractivity contribution in [2.75, 3.05) is 5.32 Å². The van der Waals surface area contributed by atoms with E-state index in [1.165, 1.54) is 5.56 Å². The van der Waals surface area contributed by atoms with Crippen molar-refractivity contribution in [2.45, 2.75) is 19.8 Å². The normalized spacial score (nSPS) is 11.4. The number of hydrogen-bond donors (Lipinski definition) is 1. The van der Waals surface area contributed by atoms with Gasteiger partial charge in [-0.1, -0.05) is 19.9 Å². The number of carbonyl (C=O) groups excluding carboxylic acids is 1. The minimum absolute atomic E-state index is 0.194. The van der Waals surface area contributed by atoms with E-state index >= 15 is 0 Å². The van der Waals surface area contributed by atoms with Crippen molar-refractivity contribution < 1.29 is 9.21 Å². The third-order valence-electron chi connectivity index (χ3n) is 4.98. The van der Waals surface area contributed by atoms with Gasteiger partial charge in [0, 0.05) is 16.8 Å². The zero-order valence-corrected chi connectivity index (χ0v) is 17.2. The number of nitrogens with zero attached hydrogens (tertiary/aromatic N) is 3. The lowest BCUT2D eigenvalue weighted by Crippen LogP contribution is -2.11. The number of benzene rings is 3. The van der Waals surface area contributed by atoms with Crippen LogP contribution in [-0.4, -0.2) is 19.6 Å². The Morgan fingerprint density at radius 3 is 2.53 bits per heavy atom. The highest BCUT2D eigenvalue weighted by Gasteiger charge is 2.12. The lowest BCUT2D eigenvalue weighted by molar-refractivity contribution is 0.102. The summed E-state index contributed by atoms with van der Waals surface area (Å²) >= 11 is 1.13. The van der Waals surface area contributed by atoms with E-state index in [1.54, 1.807) is 18.2 Å². The summed E-state index contributed by atoms with van der Waals surface area (Å²) in [6.45, 7) is 4.31. The van der Waals surface area contributed by atoms with Crippen molar-refractivity contribution in [3.05, 3.63) is 71.8 Å². The molecule has 1 amide bonds. The average Bonchev–Trinajstić information content (AvgIpc) is 3.39. The maximum absolute atomic E-state index is 12.6. The van der Waals surface area contributed by atoms with Crippen LogP contribution in [0.5, 0.6) is 0 Å². The summed E-state index contributed by atoms with van der Waals surface area (Å²) in [5.74, 6) is 0.802. The van der Waals surface area contributed by atoms with Crippen LogP contribution >= 0.6 is 11.7 Å². The molecular formula is C23H18N4O2S. The lowest BCUT2D eigenvalue weighted by atomic mass is 10.0. The Labute approximate surface area is 176 Å². The quantitative estimate of drug-likeness (QED) is 0.397. The Hall–Kier alpha value is -3.58. The first kappa shape index (κ1) is 18.4. The van der Waals surface area contributed by atoms with Crippen LogP contribution < -0.4 is 5.32 Å². The summed E-state index contributed by atoms with van der Waals surface area (Å²) in [5, 5.41) is 2.91. The highest BCUT2D eigenvalue weighted by Crippen LogP contribution is 2.28. The maximum atomic E-state index is 12.6. The molecule has 30 heavy (non-hydrogen) atoms. The molecule has 0 aliphatic rings. The number of rotatable bonds is 4. The zero-order chi connectivity index (χ0) is 20.7. The van der Waals surface area contributed by atoms with E-state index in [2.05, 4.69) is 45.0 Å². The van der Waals surface area contributed by atoms with Crippen LogP contribution in [0.1, 0.15) is 35.7 Å². The van der Waals surface area contributed by atoms with Gasteiger partial charge in [0.25, 0.3) is 5.91 Å². The molecule has 0 saturated heterocycles. The van der Waals surface area contributed by atoms with Crippen LogP contribution in [0.4, 0.5) is 5.69 Å². The van der Waals surface area contributed by atoms with Gasteiger partial charge in [-0.15, -0.1) is 0 Å². The Balaban J connectivity index is 1.36. The summed E-state index contributed by atoms with van der Waals surface area (Å²) in [5.41, 5.74) is 6.44. The Morgan fingerprint density at radius 2 is 1.73 bits per heavy atom. The van der Waals surface area contributed by atoms with E-state index in [0.717, 1.165) is 39.4 Å². The fourth-order valence-electron chi connectivity index (χ4n) is 3.25. The van der Waals surface area contributed by atoms with E-state index < -0.39 is 0 Å². The van der Waals surface area contributed by atoms with E-state index in [0.29, 0.717) is 23.1 Å². The van der Waals surface area contributed by atoms with Crippen LogP contribution in [0, 0.1) is 0 Å². The van der Waals surface area contributed by atoms with Gasteiger partial charge in [0.15, 0.2) is 5.58 Å². The summed E-state index contributed by atoms with van der Waals surface area (Å²) in [6, 6.07) is 18.8. The van der Waals surface area contributed by atoms with Gasteiger partial charge in [-0.2, -0.15) is 8.75 Å². The Bertz CT molecular complexity index is 1370. The van der Waals surface area contributed by atoms with Crippen LogP contribution in [0.2, 0.25) is 0 Å². The standard InChI is InChI=1S/C23H18N4O2S/c1-13(2)15-6-10-21-20(11-15)25-23(29-21)14-3-7-17(8-4-14)24-22(28)16-5-9-18-19(12-16)27-30-26-18/h3-13H,1-2H3,(H,24,28). The molecule has 7 heteroatoms. The molecule has 0 fully saturated rings. The monoisotopic (exact) mass is 414 g/mol. The van der Waals surface area contributed by atoms with Crippen LogP contribution in [0.3, 0.4) is 0 Å². The Kier molecular flexibility index (Phi) is 4.52. The molecule has 2 aromatic heterocycles. The van der Waals surface area contributed by atoms with Crippen molar-refractivity contribution in [1.82, 2.24) is 13.7 Å².